The molecule has 2 amide bonds. The van der Waals surface area contributed by atoms with Gasteiger partial charge in [0.15, 0.2) is 0 Å². The fourth-order valence-electron chi connectivity index (χ4n) is 2.85. The van der Waals surface area contributed by atoms with Gasteiger partial charge in [0.1, 0.15) is 11.7 Å². The molecular weight excluding hydrogens is 382 g/mol. The summed E-state index contributed by atoms with van der Waals surface area (Å²) < 4.78 is 0. The molecule has 0 spiro atoms. The maximum Gasteiger partial charge on any atom is 0.274 e. The second-order valence-electron chi connectivity index (χ2n) is 6.33. The molecule has 0 saturated carbocycles. The number of nitrogens with zero attached hydrogens (tertiary/aromatic N) is 4. The summed E-state index contributed by atoms with van der Waals surface area (Å²) in [6.07, 6.45) is 1.55. The lowest BCUT2D eigenvalue weighted by molar-refractivity contribution is 0.0941. The van der Waals surface area contributed by atoms with Gasteiger partial charge >= 0.3 is 0 Å². The molecule has 2 aromatic carbocycles. The molecule has 0 aliphatic heterocycles. The number of amides is 2. The van der Waals surface area contributed by atoms with Gasteiger partial charge in [-0.2, -0.15) is 5.21 Å². The summed E-state index contributed by atoms with van der Waals surface area (Å²) in [5.74, 6) is -0.279. The van der Waals surface area contributed by atoms with Gasteiger partial charge < -0.3 is 10.6 Å². The minimum Gasteiger partial charge on any atom is -0.338 e. The molecule has 4 aromatic rings. The lowest BCUT2D eigenvalue weighted by Gasteiger charge is -2.16. The molecule has 3 N–H and O–H groups in total. The number of aromatic amines is 1. The van der Waals surface area contributed by atoms with Crippen molar-refractivity contribution in [1.82, 2.24) is 30.9 Å². The molecule has 0 saturated heterocycles. The van der Waals surface area contributed by atoms with Crippen molar-refractivity contribution in [3.63, 3.8) is 0 Å². The zero-order chi connectivity index (χ0) is 20.8. The Labute approximate surface area is 171 Å². The van der Waals surface area contributed by atoms with Gasteiger partial charge in [-0.15, -0.1) is 10.2 Å². The van der Waals surface area contributed by atoms with E-state index >= 15 is 0 Å². The van der Waals surface area contributed by atoms with Gasteiger partial charge in [0.2, 0.25) is 5.82 Å². The number of benzene rings is 2. The van der Waals surface area contributed by atoms with Crippen molar-refractivity contribution < 1.29 is 9.59 Å². The zero-order valence-electron chi connectivity index (χ0n) is 15.7. The molecule has 2 heterocycles. The third-order valence-electron chi connectivity index (χ3n) is 4.33. The van der Waals surface area contributed by atoms with E-state index in [2.05, 4.69) is 36.2 Å². The highest BCUT2D eigenvalue weighted by Crippen LogP contribution is 2.19. The average Bonchev–Trinajstić information content (AvgIpc) is 3.33. The summed E-state index contributed by atoms with van der Waals surface area (Å²) in [7, 11) is 0. The molecule has 30 heavy (non-hydrogen) atoms. The Morgan fingerprint density at radius 2 is 1.63 bits per heavy atom. The maximum atomic E-state index is 12.8. The van der Waals surface area contributed by atoms with Gasteiger partial charge in [-0.05, 0) is 42.0 Å². The Morgan fingerprint density at radius 1 is 0.867 bits per heavy atom. The van der Waals surface area contributed by atoms with Crippen LogP contribution in [-0.4, -0.2) is 37.4 Å². The van der Waals surface area contributed by atoms with E-state index in [1.165, 1.54) is 0 Å². The first-order valence-corrected chi connectivity index (χ1v) is 9.12. The molecular formula is C21H17N7O2. The predicted octanol–water partition coefficient (Wildman–Crippen LogP) is 2.37. The molecule has 9 nitrogen and oxygen atoms in total. The topological polar surface area (TPSA) is 126 Å². The molecule has 0 fully saturated rings. The largest absolute Gasteiger partial charge is 0.338 e. The fraction of sp³-hybridized carbons (Fsp3) is 0.0476. The minimum absolute atomic E-state index is 0.309. The Kier molecular flexibility index (Phi) is 5.52. The first-order chi connectivity index (χ1) is 14.7. The van der Waals surface area contributed by atoms with Crippen LogP contribution in [0.1, 0.15) is 38.3 Å². The molecule has 1 atom stereocenters. The van der Waals surface area contributed by atoms with Gasteiger partial charge in [-0.25, -0.2) is 0 Å². The van der Waals surface area contributed by atoms with E-state index in [0.717, 1.165) is 5.56 Å². The van der Waals surface area contributed by atoms with Crippen LogP contribution < -0.4 is 10.6 Å². The van der Waals surface area contributed by atoms with Crippen LogP contribution >= 0.6 is 0 Å². The van der Waals surface area contributed by atoms with Crippen molar-refractivity contribution in [2.24, 2.45) is 0 Å². The van der Waals surface area contributed by atoms with E-state index in [-0.39, 0.29) is 11.8 Å². The normalized spacial score (nSPS) is 11.5. The summed E-state index contributed by atoms with van der Waals surface area (Å²) in [5, 5.41) is 19.6. The molecule has 9 heteroatoms. The molecule has 0 aliphatic carbocycles. The minimum atomic E-state index is -0.555. The van der Waals surface area contributed by atoms with Crippen LogP contribution in [0.5, 0.6) is 0 Å². The number of pyridine rings is 1. The summed E-state index contributed by atoms with van der Waals surface area (Å²) in [6.45, 7) is 0. The molecule has 4 rings (SSSR count). The summed E-state index contributed by atoms with van der Waals surface area (Å²) in [6, 6.07) is 20.5. The van der Waals surface area contributed by atoms with Crippen LogP contribution in [0.2, 0.25) is 0 Å². The molecule has 148 valence electrons. The highest BCUT2D eigenvalue weighted by atomic mass is 16.2. The number of carbonyl (C=O) groups excluding carboxylic acids is 2. The number of hydrogen-bond acceptors (Lipinski definition) is 6. The number of aromatic nitrogens is 5. The number of rotatable bonds is 6. The van der Waals surface area contributed by atoms with E-state index in [9.17, 15) is 9.59 Å². The third kappa shape index (κ3) is 4.36. The Morgan fingerprint density at radius 3 is 2.30 bits per heavy atom. The average molecular weight is 399 g/mol. The number of H-pyrrole nitrogens is 1. The van der Waals surface area contributed by atoms with Gasteiger partial charge in [0.25, 0.3) is 11.8 Å². The second kappa shape index (κ2) is 8.74. The lowest BCUT2D eigenvalue weighted by Crippen LogP contribution is -2.30. The Hall–Kier alpha value is -4.40. The number of hydrogen-bond donors (Lipinski definition) is 3. The molecule has 0 radical (unpaired) electrons. The highest BCUT2D eigenvalue weighted by molar-refractivity contribution is 6.03. The first-order valence-electron chi connectivity index (χ1n) is 9.12. The third-order valence-corrected chi connectivity index (χ3v) is 4.33. The maximum absolute atomic E-state index is 12.8. The van der Waals surface area contributed by atoms with E-state index in [1.807, 2.05) is 30.3 Å². The van der Waals surface area contributed by atoms with Crippen LogP contribution in [0.3, 0.4) is 0 Å². The monoisotopic (exact) mass is 399 g/mol. The first kappa shape index (κ1) is 18.9. The highest BCUT2D eigenvalue weighted by Gasteiger charge is 2.21. The van der Waals surface area contributed by atoms with Gasteiger partial charge in [-0.3, -0.25) is 14.6 Å². The van der Waals surface area contributed by atoms with Crippen molar-refractivity contribution in [3.05, 3.63) is 102 Å². The smallest absolute Gasteiger partial charge is 0.274 e. The second-order valence-corrected chi connectivity index (χ2v) is 6.33. The number of tetrazole rings is 1. The zero-order valence-corrected chi connectivity index (χ0v) is 15.7. The van der Waals surface area contributed by atoms with E-state index in [1.54, 1.807) is 48.7 Å². The molecule has 0 aliphatic rings. The van der Waals surface area contributed by atoms with Crippen LogP contribution in [0.4, 0.5) is 5.69 Å². The summed E-state index contributed by atoms with van der Waals surface area (Å²) in [5.41, 5.74) is 2.12. The predicted molar refractivity (Wildman–Crippen MR) is 109 cm³/mol. The van der Waals surface area contributed by atoms with Crippen LogP contribution in [0, 0.1) is 0 Å². The molecule has 0 bridgehead atoms. The summed E-state index contributed by atoms with van der Waals surface area (Å²) in [4.78, 5) is 29.0. The van der Waals surface area contributed by atoms with Crippen molar-refractivity contribution in [2.75, 3.05) is 5.32 Å². The summed E-state index contributed by atoms with van der Waals surface area (Å²) >= 11 is 0. The van der Waals surface area contributed by atoms with Crippen molar-refractivity contribution in [2.45, 2.75) is 6.04 Å². The van der Waals surface area contributed by atoms with Crippen LogP contribution in [0.15, 0.2) is 79.0 Å². The fourth-order valence-corrected chi connectivity index (χ4v) is 2.85. The SMILES string of the molecule is O=C(N[C@@H](c1ccccc1)c1nn[nH]n1)c1ccc(NC(=O)c2ccccn2)cc1. The van der Waals surface area contributed by atoms with E-state index in [4.69, 9.17) is 0 Å². The van der Waals surface area contributed by atoms with Crippen LogP contribution in [0.25, 0.3) is 0 Å². The van der Waals surface area contributed by atoms with Gasteiger partial charge in [-0.1, -0.05) is 41.6 Å². The van der Waals surface area contributed by atoms with Crippen molar-refractivity contribution in [1.29, 1.82) is 0 Å². The number of nitrogens with one attached hydrogen (secondary N) is 3. The van der Waals surface area contributed by atoms with E-state index in [0.29, 0.717) is 22.8 Å². The molecule has 0 unspecified atom stereocenters. The van der Waals surface area contributed by atoms with Crippen molar-refractivity contribution in [3.8, 4) is 0 Å². The number of anilines is 1. The Bertz CT molecular complexity index is 1120. The quantitative estimate of drug-likeness (QED) is 0.457. The van der Waals surface area contributed by atoms with E-state index < -0.39 is 6.04 Å². The van der Waals surface area contributed by atoms with Gasteiger partial charge in [0.05, 0.1) is 0 Å². The Balaban J connectivity index is 1.47. The number of carbonyl (C=O) groups is 2. The standard InChI is InChI=1S/C21H17N7O2/c29-20(24-18(19-25-27-28-26-19)14-6-2-1-3-7-14)15-9-11-16(12-10-15)23-21(30)17-8-4-5-13-22-17/h1-13,18H,(H,23,30)(H,24,29)(H,25,26,27,28)/t18-/m0/s1. The van der Waals surface area contributed by atoms with Crippen LogP contribution in [-0.2, 0) is 0 Å². The lowest BCUT2D eigenvalue weighted by atomic mass is 10.1. The molecule has 2 aromatic heterocycles. The van der Waals surface area contributed by atoms with Gasteiger partial charge in [0, 0.05) is 17.4 Å². The van der Waals surface area contributed by atoms with Crippen molar-refractivity contribution >= 4 is 17.5 Å².